The summed E-state index contributed by atoms with van der Waals surface area (Å²) in [4.78, 5) is 37.7. The van der Waals surface area contributed by atoms with Crippen LogP contribution in [0.15, 0.2) is 54.6 Å². The molecule has 7 heteroatoms. The molecule has 2 aromatic carbocycles. The number of carbonyl (C=O) groups is 3. The number of aliphatic carboxylic acids is 1. The van der Waals surface area contributed by atoms with Crippen LogP contribution >= 0.6 is 0 Å². The van der Waals surface area contributed by atoms with Gasteiger partial charge in [-0.15, -0.1) is 0 Å². The molecule has 0 fully saturated rings. The smallest absolute Gasteiger partial charge is 0.326 e. The molecule has 3 rings (SSSR count). The lowest BCUT2D eigenvalue weighted by Crippen LogP contribution is -2.54. The summed E-state index contributed by atoms with van der Waals surface area (Å²) >= 11 is 0. The van der Waals surface area contributed by atoms with Crippen molar-refractivity contribution in [3.8, 4) is 0 Å². The molecule has 0 spiro atoms. The molecule has 7 nitrogen and oxygen atoms in total. The van der Waals surface area contributed by atoms with Gasteiger partial charge in [-0.05, 0) is 36.6 Å². The highest BCUT2D eigenvalue weighted by Crippen LogP contribution is 2.20. The third-order valence-corrected chi connectivity index (χ3v) is 5.56. The Kier molecular flexibility index (Phi) is 6.98. The number of hydrogen-bond donors (Lipinski definition) is 3. The average Bonchev–Trinajstić information content (AvgIpc) is 3.07. The number of benzene rings is 2. The van der Waals surface area contributed by atoms with Crippen LogP contribution in [0.25, 0.3) is 10.9 Å². The Balaban J connectivity index is 1.77. The molecule has 1 heterocycles. The second-order valence-electron chi connectivity index (χ2n) is 8.44. The summed E-state index contributed by atoms with van der Waals surface area (Å²) in [5, 5.41) is 15.9. The van der Waals surface area contributed by atoms with Crippen LogP contribution in [0.5, 0.6) is 0 Å². The van der Waals surface area contributed by atoms with Gasteiger partial charge in [-0.3, -0.25) is 9.59 Å². The standard InChI is InChI=1S/C25H29N3O4/c1-15(2)22(24(30)26-19(25(31)32)13-17-8-6-5-7-9-17)27-23(29)21-14-18-12-16(3)10-11-20(18)28(21)4/h5-12,14-15,19,22H,13H2,1-4H3,(H,26,30)(H,27,29)(H,31,32). The number of amides is 2. The molecule has 3 N–H and O–H groups in total. The van der Waals surface area contributed by atoms with Crippen molar-refractivity contribution >= 4 is 28.7 Å². The van der Waals surface area contributed by atoms with Gasteiger partial charge in [0.1, 0.15) is 17.8 Å². The summed E-state index contributed by atoms with van der Waals surface area (Å²) in [7, 11) is 1.80. The zero-order valence-corrected chi connectivity index (χ0v) is 18.8. The molecule has 0 aliphatic heterocycles. The molecule has 0 saturated heterocycles. The van der Waals surface area contributed by atoms with Crippen molar-refractivity contribution in [3.05, 3.63) is 71.4 Å². The number of carbonyl (C=O) groups excluding carboxylic acids is 2. The molecule has 0 aliphatic carbocycles. The second-order valence-corrected chi connectivity index (χ2v) is 8.44. The van der Waals surface area contributed by atoms with Gasteiger partial charge in [0.25, 0.3) is 5.91 Å². The topological polar surface area (TPSA) is 100 Å². The zero-order valence-electron chi connectivity index (χ0n) is 18.8. The molecule has 3 aromatic rings. The SMILES string of the molecule is Cc1ccc2c(c1)cc(C(=O)NC(C(=O)NC(Cc1ccccc1)C(=O)O)C(C)C)n2C. The molecule has 0 bridgehead atoms. The van der Waals surface area contributed by atoms with Crippen molar-refractivity contribution in [3.63, 3.8) is 0 Å². The van der Waals surface area contributed by atoms with Crippen LogP contribution in [-0.2, 0) is 23.1 Å². The number of aryl methyl sites for hydroxylation is 2. The summed E-state index contributed by atoms with van der Waals surface area (Å²) in [5.74, 6) is -2.27. The third-order valence-electron chi connectivity index (χ3n) is 5.56. The minimum atomic E-state index is -1.12. The van der Waals surface area contributed by atoms with Gasteiger partial charge in [0.2, 0.25) is 5.91 Å². The normalized spacial score (nSPS) is 13.0. The van der Waals surface area contributed by atoms with Gasteiger partial charge in [-0.25, -0.2) is 4.79 Å². The van der Waals surface area contributed by atoms with Crippen LogP contribution in [0.2, 0.25) is 0 Å². The van der Waals surface area contributed by atoms with Crippen LogP contribution < -0.4 is 10.6 Å². The van der Waals surface area contributed by atoms with Crippen LogP contribution in [0.1, 0.15) is 35.5 Å². The van der Waals surface area contributed by atoms with Crippen LogP contribution in [0, 0.1) is 12.8 Å². The minimum absolute atomic E-state index is 0.156. The summed E-state index contributed by atoms with van der Waals surface area (Å²) in [5.41, 5.74) is 3.24. The maximum absolute atomic E-state index is 13.0. The van der Waals surface area contributed by atoms with Crippen molar-refractivity contribution in [1.82, 2.24) is 15.2 Å². The van der Waals surface area contributed by atoms with E-state index in [1.54, 1.807) is 17.7 Å². The van der Waals surface area contributed by atoms with Crippen LogP contribution in [0.4, 0.5) is 0 Å². The summed E-state index contributed by atoms with van der Waals surface area (Å²) in [6.07, 6.45) is 0.156. The first-order chi connectivity index (χ1) is 15.2. The Labute approximate surface area is 187 Å². The van der Waals surface area contributed by atoms with Crippen LogP contribution in [-0.4, -0.2) is 39.5 Å². The van der Waals surface area contributed by atoms with Crippen LogP contribution in [0.3, 0.4) is 0 Å². The van der Waals surface area contributed by atoms with Gasteiger partial charge >= 0.3 is 5.97 Å². The minimum Gasteiger partial charge on any atom is -0.480 e. The maximum Gasteiger partial charge on any atom is 0.326 e. The van der Waals surface area contributed by atoms with E-state index in [-0.39, 0.29) is 18.2 Å². The van der Waals surface area contributed by atoms with Gasteiger partial charge in [0.05, 0.1) is 0 Å². The highest BCUT2D eigenvalue weighted by molar-refractivity contribution is 6.01. The summed E-state index contributed by atoms with van der Waals surface area (Å²) in [6.45, 7) is 5.60. The van der Waals surface area contributed by atoms with Crippen molar-refractivity contribution in [2.24, 2.45) is 13.0 Å². The van der Waals surface area contributed by atoms with Gasteiger partial charge in [-0.2, -0.15) is 0 Å². The van der Waals surface area contributed by atoms with E-state index in [9.17, 15) is 19.5 Å². The number of nitrogens with one attached hydrogen (secondary N) is 2. The molecular formula is C25H29N3O4. The molecular weight excluding hydrogens is 406 g/mol. The van der Waals surface area contributed by atoms with Crippen molar-refractivity contribution < 1.29 is 19.5 Å². The number of nitrogens with zero attached hydrogens (tertiary/aromatic N) is 1. The largest absolute Gasteiger partial charge is 0.480 e. The number of rotatable bonds is 8. The second kappa shape index (κ2) is 9.68. The fourth-order valence-corrected chi connectivity index (χ4v) is 3.75. The fraction of sp³-hybridized carbons (Fsp3) is 0.320. The number of aromatic nitrogens is 1. The van der Waals surface area contributed by atoms with Gasteiger partial charge < -0.3 is 20.3 Å². The molecule has 2 amide bonds. The number of fused-ring (bicyclic) bond motifs is 1. The molecule has 0 aliphatic rings. The zero-order chi connectivity index (χ0) is 23.4. The van der Waals surface area contributed by atoms with E-state index in [2.05, 4.69) is 10.6 Å². The van der Waals surface area contributed by atoms with E-state index in [4.69, 9.17) is 0 Å². The van der Waals surface area contributed by atoms with E-state index < -0.39 is 24.0 Å². The van der Waals surface area contributed by atoms with E-state index in [0.717, 1.165) is 22.0 Å². The quantitative estimate of drug-likeness (QED) is 0.506. The molecule has 1 aromatic heterocycles. The van der Waals surface area contributed by atoms with Crippen molar-refractivity contribution in [2.45, 2.75) is 39.3 Å². The maximum atomic E-state index is 13.0. The van der Waals surface area contributed by atoms with Crippen molar-refractivity contribution in [2.75, 3.05) is 0 Å². The monoisotopic (exact) mass is 435 g/mol. The average molecular weight is 436 g/mol. The lowest BCUT2D eigenvalue weighted by Gasteiger charge is -2.24. The van der Waals surface area contributed by atoms with Gasteiger partial charge in [0.15, 0.2) is 0 Å². The fourth-order valence-electron chi connectivity index (χ4n) is 3.75. The highest BCUT2D eigenvalue weighted by Gasteiger charge is 2.29. The first-order valence-electron chi connectivity index (χ1n) is 10.6. The lowest BCUT2D eigenvalue weighted by atomic mass is 10.0. The molecule has 0 radical (unpaired) electrons. The number of carboxylic acids is 1. The van der Waals surface area contributed by atoms with Gasteiger partial charge in [-0.1, -0.05) is 55.8 Å². The van der Waals surface area contributed by atoms with E-state index in [1.807, 2.05) is 69.3 Å². The van der Waals surface area contributed by atoms with E-state index in [0.29, 0.717) is 5.69 Å². The Morgan fingerprint density at radius 2 is 1.69 bits per heavy atom. The molecule has 168 valence electrons. The highest BCUT2D eigenvalue weighted by atomic mass is 16.4. The first kappa shape index (κ1) is 23.1. The number of hydrogen-bond acceptors (Lipinski definition) is 3. The summed E-state index contributed by atoms with van der Waals surface area (Å²) in [6, 6.07) is 14.9. The Morgan fingerprint density at radius 1 is 1.00 bits per heavy atom. The Bertz CT molecular complexity index is 1130. The summed E-state index contributed by atoms with van der Waals surface area (Å²) < 4.78 is 1.79. The predicted octanol–water partition coefficient (Wildman–Crippen LogP) is 3.05. The van der Waals surface area contributed by atoms with E-state index in [1.165, 1.54) is 0 Å². The number of carboxylic acid groups (broad SMARTS) is 1. The molecule has 2 unspecified atom stereocenters. The first-order valence-corrected chi connectivity index (χ1v) is 10.6. The molecule has 2 atom stereocenters. The predicted molar refractivity (Wildman–Crippen MR) is 123 cm³/mol. The molecule has 32 heavy (non-hydrogen) atoms. The third kappa shape index (κ3) is 5.17. The van der Waals surface area contributed by atoms with Crippen molar-refractivity contribution in [1.29, 1.82) is 0 Å². The van der Waals surface area contributed by atoms with E-state index >= 15 is 0 Å². The Morgan fingerprint density at radius 3 is 2.31 bits per heavy atom. The van der Waals surface area contributed by atoms with Gasteiger partial charge in [0, 0.05) is 24.4 Å². The molecule has 0 saturated carbocycles. The Hall–Kier alpha value is -3.61. The lowest BCUT2D eigenvalue weighted by molar-refractivity contribution is -0.142.